The first-order chi connectivity index (χ1) is 12.7. The van der Waals surface area contributed by atoms with Crippen LogP contribution in [-0.4, -0.2) is 44.3 Å². The second-order valence-electron chi connectivity index (χ2n) is 6.49. The summed E-state index contributed by atoms with van der Waals surface area (Å²) in [6, 6.07) is 12.9. The van der Waals surface area contributed by atoms with Gasteiger partial charge in [0, 0.05) is 32.7 Å². The molecule has 0 spiro atoms. The van der Waals surface area contributed by atoms with Crippen LogP contribution in [0.15, 0.2) is 36.4 Å². The van der Waals surface area contributed by atoms with Crippen molar-refractivity contribution in [3.8, 4) is 17.6 Å². The van der Waals surface area contributed by atoms with Crippen LogP contribution in [0, 0.1) is 17.1 Å². The molecule has 26 heavy (non-hydrogen) atoms. The fourth-order valence-corrected chi connectivity index (χ4v) is 3.48. The van der Waals surface area contributed by atoms with Crippen LogP contribution in [0.3, 0.4) is 0 Å². The molecule has 0 radical (unpaired) electrons. The standard InChI is InChI=1S/C20H20FN3O2/c21-17-2-1-3-18(16(17)13-22)24-8-6-23(7-9-24)14-15-4-5-19-20(12-15)26-11-10-25-19/h1-5,12H,6-11,14H2. The van der Waals surface area contributed by atoms with Gasteiger partial charge in [-0.2, -0.15) is 5.26 Å². The molecule has 2 aromatic rings. The number of anilines is 1. The normalized spacial score (nSPS) is 17.0. The molecule has 134 valence electrons. The maximum absolute atomic E-state index is 13.8. The van der Waals surface area contributed by atoms with Crippen molar-refractivity contribution in [3.63, 3.8) is 0 Å². The van der Waals surface area contributed by atoms with Crippen LogP contribution < -0.4 is 14.4 Å². The van der Waals surface area contributed by atoms with E-state index in [4.69, 9.17) is 9.47 Å². The van der Waals surface area contributed by atoms with Crippen LogP contribution in [0.5, 0.6) is 11.5 Å². The van der Waals surface area contributed by atoms with Crippen LogP contribution in [-0.2, 0) is 6.54 Å². The van der Waals surface area contributed by atoms with Crippen molar-refractivity contribution in [1.82, 2.24) is 4.90 Å². The highest BCUT2D eigenvalue weighted by Crippen LogP contribution is 2.31. The lowest BCUT2D eigenvalue weighted by Crippen LogP contribution is -2.46. The highest BCUT2D eigenvalue weighted by Gasteiger charge is 2.21. The molecule has 0 saturated carbocycles. The molecular weight excluding hydrogens is 333 g/mol. The smallest absolute Gasteiger partial charge is 0.161 e. The van der Waals surface area contributed by atoms with Crippen molar-refractivity contribution in [2.24, 2.45) is 0 Å². The van der Waals surface area contributed by atoms with Gasteiger partial charge in [0.2, 0.25) is 0 Å². The summed E-state index contributed by atoms with van der Waals surface area (Å²) in [5.74, 6) is 1.16. The molecule has 0 aromatic heterocycles. The molecule has 0 amide bonds. The summed E-state index contributed by atoms with van der Waals surface area (Å²) in [4.78, 5) is 4.44. The summed E-state index contributed by atoms with van der Waals surface area (Å²) < 4.78 is 25.0. The van der Waals surface area contributed by atoms with E-state index in [0.717, 1.165) is 44.2 Å². The first-order valence-electron chi connectivity index (χ1n) is 8.79. The SMILES string of the molecule is N#Cc1c(F)cccc1N1CCN(Cc2ccc3c(c2)OCCO3)CC1. The van der Waals surface area contributed by atoms with Gasteiger partial charge >= 0.3 is 0 Å². The summed E-state index contributed by atoms with van der Waals surface area (Å²) in [6.45, 7) is 5.26. The second kappa shape index (κ2) is 7.22. The van der Waals surface area contributed by atoms with E-state index < -0.39 is 5.82 Å². The number of piperazine rings is 1. The zero-order valence-electron chi connectivity index (χ0n) is 14.4. The van der Waals surface area contributed by atoms with E-state index in [1.54, 1.807) is 6.07 Å². The third kappa shape index (κ3) is 3.31. The largest absolute Gasteiger partial charge is 0.486 e. The topological polar surface area (TPSA) is 48.7 Å². The maximum Gasteiger partial charge on any atom is 0.161 e. The van der Waals surface area contributed by atoms with Gasteiger partial charge < -0.3 is 14.4 Å². The van der Waals surface area contributed by atoms with Gasteiger partial charge in [0.15, 0.2) is 11.5 Å². The van der Waals surface area contributed by atoms with Crippen molar-refractivity contribution in [2.45, 2.75) is 6.54 Å². The van der Waals surface area contributed by atoms with Gasteiger partial charge in [0.25, 0.3) is 0 Å². The molecule has 2 aromatic carbocycles. The molecule has 2 aliphatic rings. The lowest BCUT2D eigenvalue weighted by atomic mass is 10.1. The van der Waals surface area contributed by atoms with Gasteiger partial charge in [-0.25, -0.2) is 4.39 Å². The van der Waals surface area contributed by atoms with E-state index in [9.17, 15) is 9.65 Å². The van der Waals surface area contributed by atoms with Crippen LogP contribution in [0.4, 0.5) is 10.1 Å². The van der Waals surface area contributed by atoms with Gasteiger partial charge in [-0.15, -0.1) is 0 Å². The number of rotatable bonds is 3. The Balaban J connectivity index is 1.40. The highest BCUT2D eigenvalue weighted by atomic mass is 19.1. The predicted molar refractivity (Wildman–Crippen MR) is 96.0 cm³/mol. The van der Waals surface area contributed by atoms with Crippen molar-refractivity contribution >= 4 is 5.69 Å². The molecule has 1 saturated heterocycles. The molecule has 2 aliphatic heterocycles. The molecular formula is C20H20FN3O2. The number of hydrogen-bond donors (Lipinski definition) is 0. The predicted octanol–water partition coefficient (Wildman–Crippen LogP) is 2.79. The molecule has 4 rings (SSSR count). The molecule has 0 atom stereocenters. The molecule has 5 nitrogen and oxygen atoms in total. The van der Waals surface area contributed by atoms with E-state index >= 15 is 0 Å². The van der Waals surface area contributed by atoms with E-state index in [2.05, 4.69) is 15.9 Å². The Morgan fingerprint density at radius 1 is 1.00 bits per heavy atom. The third-order valence-electron chi connectivity index (χ3n) is 4.83. The molecule has 0 N–H and O–H groups in total. The monoisotopic (exact) mass is 353 g/mol. The second-order valence-corrected chi connectivity index (χ2v) is 6.49. The number of halogens is 1. The molecule has 0 unspecified atom stereocenters. The fraction of sp³-hybridized carbons (Fsp3) is 0.350. The maximum atomic E-state index is 13.8. The van der Waals surface area contributed by atoms with Crippen LogP contribution in [0.2, 0.25) is 0 Å². The average Bonchev–Trinajstić information content (AvgIpc) is 2.68. The van der Waals surface area contributed by atoms with E-state index in [-0.39, 0.29) is 5.56 Å². The summed E-state index contributed by atoms with van der Waals surface area (Å²) in [5.41, 5.74) is 2.01. The molecule has 6 heteroatoms. The van der Waals surface area contributed by atoms with Crippen molar-refractivity contribution in [1.29, 1.82) is 5.26 Å². The minimum Gasteiger partial charge on any atom is -0.486 e. The minimum absolute atomic E-state index is 0.132. The van der Waals surface area contributed by atoms with Crippen molar-refractivity contribution < 1.29 is 13.9 Å². The molecule has 1 fully saturated rings. The Morgan fingerprint density at radius 3 is 2.54 bits per heavy atom. The van der Waals surface area contributed by atoms with Crippen LogP contribution in [0.1, 0.15) is 11.1 Å². The van der Waals surface area contributed by atoms with Gasteiger partial charge in [0.1, 0.15) is 30.7 Å². The van der Waals surface area contributed by atoms with Gasteiger partial charge in [-0.05, 0) is 29.8 Å². The van der Waals surface area contributed by atoms with Crippen molar-refractivity contribution in [2.75, 3.05) is 44.3 Å². The minimum atomic E-state index is -0.455. The average molecular weight is 353 g/mol. The number of nitriles is 1. The Morgan fingerprint density at radius 2 is 1.77 bits per heavy atom. The summed E-state index contributed by atoms with van der Waals surface area (Å²) in [6.07, 6.45) is 0. The van der Waals surface area contributed by atoms with Gasteiger partial charge in [0.05, 0.1) is 5.69 Å². The van der Waals surface area contributed by atoms with Crippen LogP contribution in [0.25, 0.3) is 0 Å². The first-order valence-corrected chi connectivity index (χ1v) is 8.79. The Kier molecular flexibility index (Phi) is 4.63. The Labute approximate surface area is 152 Å². The lowest BCUT2D eigenvalue weighted by Gasteiger charge is -2.36. The number of benzene rings is 2. The lowest BCUT2D eigenvalue weighted by molar-refractivity contribution is 0.171. The van der Waals surface area contributed by atoms with E-state index in [1.165, 1.54) is 11.6 Å². The van der Waals surface area contributed by atoms with Gasteiger partial charge in [-0.1, -0.05) is 12.1 Å². The molecule has 0 bridgehead atoms. The summed E-state index contributed by atoms with van der Waals surface area (Å²) >= 11 is 0. The van der Waals surface area contributed by atoms with Crippen LogP contribution >= 0.6 is 0 Å². The molecule has 2 heterocycles. The van der Waals surface area contributed by atoms with Crippen molar-refractivity contribution in [3.05, 3.63) is 53.3 Å². The summed E-state index contributed by atoms with van der Waals surface area (Å²) in [5, 5.41) is 9.22. The quantitative estimate of drug-likeness (QED) is 0.849. The Hall–Kier alpha value is -2.78. The van der Waals surface area contributed by atoms with Gasteiger partial charge in [-0.3, -0.25) is 4.90 Å². The number of nitrogens with zero attached hydrogens (tertiary/aromatic N) is 3. The third-order valence-corrected chi connectivity index (χ3v) is 4.83. The highest BCUT2D eigenvalue weighted by molar-refractivity contribution is 5.60. The number of ether oxygens (including phenoxy) is 2. The number of fused-ring (bicyclic) bond motifs is 1. The Bertz CT molecular complexity index is 841. The molecule has 0 aliphatic carbocycles. The van der Waals surface area contributed by atoms with E-state index in [0.29, 0.717) is 18.9 Å². The summed E-state index contributed by atoms with van der Waals surface area (Å²) in [7, 11) is 0. The zero-order chi connectivity index (χ0) is 17.9. The first kappa shape index (κ1) is 16.7. The van der Waals surface area contributed by atoms with E-state index in [1.807, 2.05) is 24.3 Å². The fourth-order valence-electron chi connectivity index (χ4n) is 3.48. The zero-order valence-corrected chi connectivity index (χ0v) is 14.4. The number of hydrogen-bond acceptors (Lipinski definition) is 5.